The molecule has 1 heterocycles. The minimum absolute atomic E-state index is 0.0368. The molecular formula is C16H18N4O5. The number of hydrogen-bond donors (Lipinski definition) is 3. The molecular weight excluding hydrogens is 328 g/mol. The predicted molar refractivity (Wildman–Crippen MR) is 91.8 cm³/mol. The van der Waals surface area contributed by atoms with Gasteiger partial charge in [-0.1, -0.05) is 5.16 Å². The Hall–Kier alpha value is -3.04. The molecule has 2 aromatic rings. The number of hydrogen-bond acceptors (Lipinski definition) is 8. The van der Waals surface area contributed by atoms with Gasteiger partial charge >= 0.3 is 0 Å². The van der Waals surface area contributed by atoms with Crippen molar-refractivity contribution in [3.8, 4) is 5.75 Å². The maximum atomic E-state index is 11.0. The summed E-state index contributed by atoms with van der Waals surface area (Å²) >= 11 is 0. The molecule has 0 saturated heterocycles. The standard InChI is InChI=1S/C16H18N4O5/c1-11(12-3-2-4-17-8-12)19-25-16-6-13(18-9-15(22)10-21)5-14(7-16)20(23)24/h2-8,15,18,21-22H,9-10H2,1H3. The van der Waals surface area contributed by atoms with Crippen LogP contribution in [-0.4, -0.2) is 45.1 Å². The van der Waals surface area contributed by atoms with Gasteiger partial charge in [0.25, 0.3) is 5.69 Å². The van der Waals surface area contributed by atoms with Crippen molar-refractivity contribution < 1.29 is 20.0 Å². The zero-order valence-corrected chi connectivity index (χ0v) is 13.5. The molecule has 132 valence electrons. The SMILES string of the molecule is CC(=NOc1cc(NCC(O)CO)cc([N+](=O)[O-])c1)c1cccnc1. The summed E-state index contributed by atoms with van der Waals surface area (Å²) in [4.78, 5) is 19.8. The van der Waals surface area contributed by atoms with Crippen LogP contribution in [0.15, 0.2) is 47.9 Å². The van der Waals surface area contributed by atoms with E-state index in [9.17, 15) is 15.2 Å². The largest absolute Gasteiger partial charge is 0.394 e. The number of aromatic nitrogens is 1. The molecule has 0 saturated carbocycles. The molecule has 0 aliphatic heterocycles. The van der Waals surface area contributed by atoms with Gasteiger partial charge in [0.05, 0.1) is 29.4 Å². The molecule has 0 spiro atoms. The number of nitro benzene ring substituents is 1. The number of benzene rings is 1. The van der Waals surface area contributed by atoms with Crippen LogP contribution < -0.4 is 10.2 Å². The van der Waals surface area contributed by atoms with Gasteiger partial charge in [0.2, 0.25) is 0 Å². The maximum absolute atomic E-state index is 11.0. The minimum atomic E-state index is -0.977. The highest BCUT2D eigenvalue weighted by Gasteiger charge is 2.12. The van der Waals surface area contributed by atoms with E-state index in [1.165, 1.54) is 18.2 Å². The number of nitro groups is 1. The van der Waals surface area contributed by atoms with Crippen molar-refractivity contribution in [1.29, 1.82) is 0 Å². The highest BCUT2D eigenvalue weighted by molar-refractivity contribution is 5.98. The normalized spacial score (nSPS) is 12.5. The number of nitrogens with zero attached hydrogens (tertiary/aromatic N) is 3. The van der Waals surface area contributed by atoms with Crippen molar-refractivity contribution in [2.45, 2.75) is 13.0 Å². The van der Waals surface area contributed by atoms with Crippen molar-refractivity contribution in [2.75, 3.05) is 18.5 Å². The number of oxime groups is 1. The Balaban J connectivity index is 2.18. The fraction of sp³-hybridized carbons (Fsp3) is 0.250. The average molecular weight is 346 g/mol. The molecule has 0 aliphatic rings. The van der Waals surface area contributed by atoms with E-state index >= 15 is 0 Å². The lowest BCUT2D eigenvalue weighted by molar-refractivity contribution is -0.384. The van der Waals surface area contributed by atoms with Gasteiger partial charge in [-0.15, -0.1) is 0 Å². The van der Waals surface area contributed by atoms with E-state index in [4.69, 9.17) is 9.94 Å². The topological polar surface area (TPSA) is 130 Å². The summed E-state index contributed by atoms with van der Waals surface area (Å²) in [6.45, 7) is 1.35. The Morgan fingerprint density at radius 1 is 1.48 bits per heavy atom. The number of rotatable bonds is 8. The first-order valence-electron chi connectivity index (χ1n) is 7.44. The lowest BCUT2D eigenvalue weighted by Gasteiger charge is -2.11. The summed E-state index contributed by atoms with van der Waals surface area (Å²) in [6, 6.07) is 7.63. The van der Waals surface area contributed by atoms with Gasteiger partial charge in [-0.25, -0.2) is 0 Å². The van der Waals surface area contributed by atoms with Crippen molar-refractivity contribution in [1.82, 2.24) is 4.98 Å². The Kier molecular flexibility index (Phi) is 6.38. The van der Waals surface area contributed by atoms with Gasteiger partial charge in [-0.05, 0) is 19.1 Å². The molecule has 1 aromatic heterocycles. The van der Waals surface area contributed by atoms with Crippen LogP contribution in [0.5, 0.6) is 5.75 Å². The van der Waals surface area contributed by atoms with E-state index in [2.05, 4.69) is 15.5 Å². The minimum Gasteiger partial charge on any atom is -0.394 e. The molecule has 9 heteroatoms. The number of non-ortho nitro benzene ring substituents is 1. The zero-order chi connectivity index (χ0) is 18.2. The first kappa shape index (κ1) is 18.3. The highest BCUT2D eigenvalue weighted by Crippen LogP contribution is 2.26. The van der Waals surface area contributed by atoms with E-state index in [-0.39, 0.29) is 18.0 Å². The van der Waals surface area contributed by atoms with Crippen LogP contribution >= 0.6 is 0 Å². The molecule has 0 radical (unpaired) electrons. The van der Waals surface area contributed by atoms with Crippen molar-refractivity contribution >= 4 is 17.1 Å². The third kappa shape index (κ3) is 5.52. The Morgan fingerprint density at radius 2 is 2.28 bits per heavy atom. The molecule has 25 heavy (non-hydrogen) atoms. The van der Waals surface area contributed by atoms with Crippen LogP contribution in [0.1, 0.15) is 12.5 Å². The molecule has 3 N–H and O–H groups in total. The summed E-state index contributed by atoms with van der Waals surface area (Å²) in [7, 11) is 0. The second-order valence-corrected chi connectivity index (χ2v) is 5.20. The monoisotopic (exact) mass is 346 g/mol. The molecule has 2 rings (SSSR count). The van der Waals surface area contributed by atoms with Crippen molar-refractivity contribution in [3.63, 3.8) is 0 Å². The van der Waals surface area contributed by atoms with Gasteiger partial charge in [0.1, 0.15) is 0 Å². The second-order valence-electron chi connectivity index (χ2n) is 5.20. The summed E-state index contributed by atoms with van der Waals surface area (Å²) in [6.07, 6.45) is 2.28. The lowest BCUT2D eigenvalue weighted by atomic mass is 10.2. The Labute approximate surface area is 143 Å². The summed E-state index contributed by atoms with van der Waals surface area (Å²) in [5, 5.41) is 36.0. The molecule has 0 amide bonds. The molecule has 0 aliphatic carbocycles. The molecule has 1 atom stereocenters. The first-order chi connectivity index (χ1) is 12.0. The van der Waals surface area contributed by atoms with Crippen LogP contribution in [0.4, 0.5) is 11.4 Å². The van der Waals surface area contributed by atoms with Crippen LogP contribution in [0, 0.1) is 10.1 Å². The van der Waals surface area contributed by atoms with E-state index in [1.54, 1.807) is 25.4 Å². The molecule has 1 unspecified atom stereocenters. The molecule has 0 fully saturated rings. The van der Waals surface area contributed by atoms with Gasteiger partial charge in [0.15, 0.2) is 5.75 Å². The van der Waals surface area contributed by atoms with E-state index < -0.39 is 17.6 Å². The van der Waals surface area contributed by atoms with Gasteiger partial charge < -0.3 is 20.4 Å². The van der Waals surface area contributed by atoms with Crippen molar-refractivity contribution in [2.24, 2.45) is 5.16 Å². The number of aliphatic hydroxyl groups excluding tert-OH is 2. The number of aliphatic hydroxyl groups is 2. The van der Waals surface area contributed by atoms with Crippen LogP contribution in [0.25, 0.3) is 0 Å². The van der Waals surface area contributed by atoms with Gasteiger partial charge in [-0.2, -0.15) is 0 Å². The molecule has 1 aromatic carbocycles. The average Bonchev–Trinajstić information content (AvgIpc) is 2.64. The fourth-order valence-electron chi connectivity index (χ4n) is 1.89. The Morgan fingerprint density at radius 3 is 2.92 bits per heavy atom. The third-order valence-electron chi connectivity index (χ3n) is 3.22. The van der Waals surface area contributed by atoms with E-state index in [0.29, 0.717) is 11.4 Å². The highest BCUT2D eigenvalue weighted by atomic mass is 16.6. The predicted octanol–water partition coefficient (Wildman–Crippen LogP) is 1.56. The molecule has 0 bridgehead atoms. The Bertz CT molecular complexity index is 751. The summed E-state index contributed by atoms with van der Waals surface area (Å²) < 4.78 is 0. The van der Waals surface area contributed by atoms with Crippen molar-refractivity contribution in [3.05, 3.63) is 58.4 Å². The third-order valence-corrected chi connectivity index (χ3v) is 3.22. The lowest BCUT2D eigenvalue weighted by Crippen LogP contribution is -2.22. The van der Waals surface area contributed by atoms with E-state index in [1.807, 2.05) is 6.07 Å². The maximum Gasteiger partial charge on any atom is 0.275 e. The van der Waals surface area contributed by atoms with Gasteiger partial charge in [-0.3, -0.25) is 15.1 Å². The second kappa shape index (κ2) is 8.71. The van der Waals surface area contributed by atoms with Crippen LogP contribution in [0.2, 0.25) is 0 Å². The summed E-state index contributed by atoms with van der Waals surface area (Å²) in [5.41, 5.74) is 1.50. The van der Waals surface area contributed by atoms with Crippen LogP contribution in [0.3, 0.4) is 0 Å². The van der Waals surface area contributed by atoms with E-state index in [0.717, 1.165) is 5.56 Å². The quantitative estimate of drug-likeness (QED) is 0.375. The van der Waals surface area contributed by atoms with Gasteiger partial charge in [0, 0.05) is 42.3 Å². The molecule has 9 nitrogen and oxygen atoms in total. The zero-order valence-electron chi connectivity index (χ0n) is 13.5. The number of nitrogens with one attached hydrogen (secondary N) is 1. The number of pyridine rings is 1. The number of anilines is 1. The fourth-order valence-corrected chi connectivity index (χ4v) is 1.89. The van der Waals surface area contributed by atoms with Crippen LogP contribution in [-0.2, 0) is 0 Å². The summed E-state index contributed by atoms with van der Waals surface area (Å²) in [5.74, 6) is 0.165. The smallest absolute Gasteiger partial charge is 0.275 e. The first-order valence-corrected chi connectivity index (χ1v) is 7.44.